The summed E-state index contributed by atoms with van der Waals surface area (Å²) in [5, 5.41) is 8.59. The average Bonchev–Trinajstić information content (AvgIpc) is 2.69. The van der Waals surface area contributed by atoms with E-state index < -0.39 is 16.3 Å². The fourth-order valence-corrected chi connectivity index (χ4v) is 2.10. The number of hydrogen-bond acceptors (Lipinski definition) is 3. The molecule has 0 saturated heterocycles. The number of rotatable bonds is 5. The third-order valence-corrected chi connectivity index (χ3v) is 2.89. The van der Waals surface area contributed by atoms with Crippen molar-refractivity contribution in [1.82, 2.24) is 9.44 Å². The van der Waals surface area contributed by atoms with Crippen LogP contribution in [0.25, 0.3) is 0 Å². The first-order valence-electron chi connectivity index (χ1n) is 3.94. The van der Waals surface area contributed by atoms with E-state index in [2.05, 4.69) is 9.44 Å². The maximum Gasteiger partial charge on any atom is 0.277 e. The summed E-state index contributed by atoms with van der Waals surface area (Å²) in [6.45, 7) is 1.41. The van der Waals surface area contributed by atoms with Crippen LogP contribution in [-0.4, -0.2) is 32.2 Å². The van der Waals surface area contributed by atoms with Crippen LogP contribution < -0.4 is 9.44 Å². The summed E-state index contributed by atoms with van der Waals surface area (Å²) in [5.41, 5.74) is 0. The summed E-state index contributed by atoms with van der Waals surface area (Å²) in [6, 6.07) is -0.324. The van der Waals surface area contributed by atoms with Gasteiger partial charge in [-0.2, -0.15) is 17.9 Å². The van der Waals surface area contributed by atoms with Gasteiger partial charge in [0.1, 0.15) is 0 Å². The lowest BCUT2D eigenvalue weighted by Gasteiger charge is -2.11. The van der Waals surface area contributed by atoms with Crippen molar-refractivity contribution in [3.8, 4) is 0 Å². The molecule has 0 unspecified atom stereocenters. The van der Waals surface area contributed by atoms with Gasteiger partial charge in [-0.3, -0.25) is 0 Å². The molecule has 0 aromatic rings. The SMILES string of the molecule is C[C@@H](CO)NS(=O)(=O)NC1CC1. The molecule has 3 N–H and O–H groups in total. The number of hydrogen-bond donors (Lipinski definition) is 3. The van der Waals surface area contributed by atoms with Crippen molar-refractivity contribution in [1.29, 1.82) is 0 Å². The van der Waals surface area contributed by atoms with E-state index in [0.29, 0.717) is 0 Å². The normalized spacial score (nSPS) is 20.8. The smallest absolute Gasteiger partial charge is 0.277 e. The van der Waals surface area contributed by atoms with Crippen LogP contribution in [0.5, 0.6) is 0 Å². The lowest BCUT2D eigenvalue weighted by Crippen LogP contribution is -2.43. The highest BCUT2D eigenvalue weighted by Crippen LogP contribution is 2.19. The molecule has 0 spiro atoms. The molecule has 1 fully saturated rings. The monoisotopic (exact) mass is 194 g/mol. The van der Waals surface area contributed by atoms with Crippen LogP contribution >= 0.6 is 0 Å². The minimum absolute atomic E-state index is 0.105. The Morgan fingerprint density at radius 2 is 2.17 bits per heavy atom. The molecular formula is C6H14N2O3S. The zero-order valence-corrected chi connectivity index (χ0v) is 7.76. The van der Waals surface area contributed by atoms with E-state index in [-0.39, 0.29) is 12.6 Å². The highest BCUT2D eigenvalue weighted by molar-refractivity contribution is 7.87. The number of aliphatic hydroxyl groups is 1. The second-order valence-electron chi connectivity index (χ2n) is 3.10. The Bertz CT molecular complexity index is 235. The molecule has 0 radical (unpaired) electrons. The van der Waals surface area contributed by atoms with Gasteiger partial charge in [-0.1, -0.05) is 0 Å². The Labute approximate surface area is 72.3 Å². The van der Waals surface area contributed by atoms with Crippen LogP contribution in [0, 0.1) is 0 Å². The van der Waals surface area contributed by atoms with Crippen molar-refractivity contribution < 1.29 is 13.5 Å². The Balaban J connectivity index is 2.36. The Hall–Kier alpha value is -0.170. The Morgan fingerprint density at radius 1 is 1.58 bits per heavy atom. The molecule has 1 aliphatic rings. The maximum absolute atomic E-state index is 11.1. The van der Waals surface area contributed by atoms with Crippen LogP contribution in [0.15, 0.2) is 0 Å². The van der Waals surface area contributed by atoms with Gasteiger partial charge in [0.2, 0.25) is 0 Å². The molecule has 0 bridgehead atoms. The van der Waals surface area contributed by atoms with Crippen LogP contribution in [0.2, 0.25) is 0 Å². The minimum atomic E-state index is -3.39. The van der Waals surface area contributed by atoms with Crippen LogP contribution in [-0.2, 0) is 10.2 Å². The summed E-state index contributed by atoms with van der Waals surface area (Å²) in [5.74, 6) is 0. The molecule has 1 saturated carbocycles. The zero-order valence-electron chi connectivity index (χ0n) is 6.95. The average molecular weight is 194 g/mol. The van der Waals surface area contributed by atoms with Crippen molar-refractivity contribution in [2.45, 2.75) is 31.8 Å². The highest BCUT2D eigenvalue weighted by atomic mass is 32.2. The van der Waals surface area contributed by atoms with Crippen molar-refractivity contribution >= 4 is 10.2 Å². The molecule has 5 nitrogen and oxygen atoms in total. The molecule has 12 heavy (non-hydrogen) atoms. The van der Waals surface area contributed by atoms with E-state index in [4.69, 9.17) is 5.11 Å². The minimum Gasteiger partial charge on any atom is -0.395 e. The first kappa shape index (κ1) is 9.91. The summed E-state index contributed by atoms with van der Waals surface area (Å²) in [7, 11) is -3.39. The number of nitrogens with one attached hydrogen (secondary N) is 2. The zero-order chi connectivity index (χ0) is 9.19. The van der Waals surface area contributed by atoms with Crippen molar-refractivity contribution in [2.75, 3.05) is 6.61 Å². The van der Waals surface area contributed by atoms with Crippen LogP contribution in [0.4, 0.5) is 0 Å². The molecule has 1 rings (SSSR count). The number of aliphatic hydroxyl groups excluding tert-OH is 1. The van der Waals surface area contributed by atoms with Crippen molar-refractivity contribution in [3.63, 3.8) is 0 Å². The van der Waals surface area contributed by atoms with Gasteiger partial charge < -0.3 is 5.11 Å². The van der Waals surface area contributed by atoms with E-state index in [9.17, 15) is 8.42 Å². The highest BCUT2D eigenvalue weighted by Gasteiger charge is 2.27. The van der Waals surface area contributed by atoms with Gasteiger partial charge in [0, 0.05) is 12.1 Å². The molecule has 0 aliphatic heterocycles. The maximum atomic E-state index is 11.1. The van der Waals surface area contributed by atoms with E-state index in [0.717, 1.165) is 12.8 Å². The predicted octanol–water partition coefficient (Wildman–Crippen LogP) is -1.05. The van der Waals surface area contributed by atoms with Crippen molar-refractivity contribution in [2.24, 2.45) is 0 Å². The largest absolute Gasteiger partial charge is 0.395 e. The fraction of sp³-hybridized carbons (Fsp3) is 1.00. The van der Waals surface area contributed by atoms with Crippen LogP contribution in [0.1, 0.15) is 19.8 Å². The molecule has 0 amide bonds. The first-order chi connectivity index (χ1) is 5.53. The first-order valence-corrected chi connectivity index (χ1v) is 5.42. The summed E-state index contributed by atoms with van der Waals surface area (Å²) < 4.78 is 27.0. The van der Waals surface area contributed by atoms with E-state index >= 15 is 0 Å². The fourth-order valence-electron chi connectivity index (χ4n) is 0.757. The molecule has 0 heterocycles. The topological polar surface area (TPSA) is 78.4 Å². The third-order valence-electron chi connectivity index (χ3n) is 1.53. The lowest BCUT2D eigenvalue weighted by atomic mass is 10.4. The summed E-state index contributed by atoms with van der Waals surface area (Å²) >= 11 is 0. The third kappa shape index (κ3) is 3.48. The molecule has 1 atom stereocenters. The second kappa shape index (κ2) is 3.69. The summed E-state index contributed by atoms with van der Waals surface area (Å²) in [6.07, 6.45) is 1.82. The molecular weight excluding hydrogens is 180 g/mol. The van der Waals surface area contributed by atoms with Gasteiger partial charge in [0.25, 0.3) is 10.2 Å². The Kier molecular flexibility index (Phi) is 3.05. The predicted molar refractivity (Wildman–Crippen MR) is 44.8 cm³/mol. The van der Waals surface area contributed by atoms with Gasteiger partial charge in [0.15, 0.2) is 0 Å². The van der Waals surface area contributed by atoms with Gasteiger partial charge in [0.05, 0.1) is 6.61 Å². The lowest BCUT2D eigenvalue weighted by molar-refractivity contribution is 0.265. The Morgan fingerprint density at radius 3 is 2.58 bits per heavy atom. The standard InChI is InChI=1S/C6H14N2O3S/c1-5(4-9)7-12(10,11)8-6-2-3-6/h5-9H,2-4H2,1H3/t5-/m0/s1. The molecule has 0 aromatic carbocycles. The molecule has 1 aliphatic carbocycles. The molecule has 6 heteroatoms. The van der Waals surface area contributed by atoms with E-state index in [1.54, 1.807) is 6.92 Å². The quantitative estimate of drug-likeness (QED) is 0.523. The molecule has 0 aromatic heterocycles. The van der Waals surface area contributed by atoms with Gasteiger partial charge in [-0.15, -0.1) is 0 Å². The second-order valence-corrected chi connectivity index (χ2v) is 4.58. The van der Waals surface area contributed by atoms with Gasteiger partial charge in [-0.25, -0.2) is 0 Å². The van der Waals surface area contributed by atoms with Gasteiger partial charge in [-0.05, 0) is 19.8 Å². The summed E-state index contributed by atoms with van der Waals surface area (Å²) in [4.78, 5) is 0. The van der Waals surface area contributed by atoms with Crippen LogP contribution in [0.3, 0.4) is 0 Å². The van der Waals surface area contributed by atoms with Gasteiger partial charge >= 0.3 is 0 Å². The van der Waals surface area contributed by atoms with Crippen molar-refractivity contribution in [3.05, 3.63) is 0 Å². The van der Waals surface area contributed by atoms with E-state index in [1.165, 1.54) is 0 Å². The molecule has 72 valence electrons. The van der Waals surface area contributed by atoms with E-state index in [1.807, 2.05) is 0 Å².